The fourth-order valence-corrected chi connectivity index (χ4v) is 0.803. The van der Waals surface area contributed by atoms with Gasteiger partial charge in [-0.05, 0) is 18.8 Å². The topological polar surface area (TPSA) is 69.6 Å². The number of hydrogen-bond acceptors (Lipinski definition) is 2. The maximum absolute atomic E-state index is 10.0. The highest BCUT2D eigenvalue weighted by molar-refractivity contribution is 5.64. The van der Waals surface area contributed by atoms with Crippen molar-refractivity contribution in [3.05, 3.63) is 0 Å². The standard InChI is InChI=1S/C7H15NO3/c1-6(3-2-4-9)5-8-7(10)11/h6,8-9H,2-5H2,1H3,(H,10,11)/t6-/m1/s1. The zero-order valence-corrected chi connectivity index (χ0v) is 6.71. The molecule has 4 nitrogen and oxygen atoms in total. The molecular weight excluding hydrogens is 146 g/mol. The van der Waals surface area contributed by atoms with E-state index in [0.717, 1.165) is 12.8 Å². The van der Waals surface area contributed by atoms with Crippen molar-refractivity contribution in [3.63, 3.8) is 0 Å². The van der Waals surface area contributed by atoms with E-state index < -0.39 is 6.09 Å². The molecule has 1 atom stereocenters. The van der Waals surface area contributed by atoms with E-state index in [1.165, 1.54) is 0 Å². The quantitative estimate of drug-likeness (QED) is 0.554. The smallest absolute Gasteiger partial charge is 0.404 e. The summed E-state index contributed by atoms with van der Waals surface area (Å²) in [6.45, 7) is 2.60. The van der Waals surface area contributed by atoms with Gasteiger partial charge in [-0.25, -0.2) is 4.79 Å². The first-order chi connectivity index (χ1) is 5.16. The number of aliphatic hydroxyl groups excluding tert-OH is 1. The van der Waals surface area contributed by atoms with E-state index in [1.54, 1.807) is 0 Å². The Bertz CT molecular complexity index is 116. The van der Waals surface area contributed by atoms with E-state index in [0.29, 0.717) is 12.5 Å². The van der Waals surface area contributed by atoms with Crippen molar-refractivity contribution < 1.29 is 15.0 Å². The highest BCUT2D eigenvalue weighted by atomic mass is 16.4. The summed E-state index contributed by atoms with van der Waals surface area (Å²) in [6.07, 6.45) is 0.611. The van der Waals surface area contributed by atoms with Gasteiger partial charge in [0.1, 0.15) is 0 Å². The lowest BCUT2D eigenvalue weighted by Gasteiger charge is -2.08. The van der Waals surface area contributed by atoms with Crippen molar-refractivity contribution in [3.8, 4) is 0 Å². The maximum Gasteiger partial charge on any atom is 0.404 e. The molecule has 0 aliphatic heterocycles. The molecular formula is C7H15NO3. The molecule has 0 radical (unpaired) electrons. The third kappa shape index (κ3) is 7.12. The van der Waals surface area contributed by atoms with Crippen LogP contribution in [0.5, 0.6) is 0 Å². The lowest BCUT2D eigenvalue weighted by molar-refractivity contribution is 0.192. The molecule has 0 aromatic carbocycles. The molecule has 0 rings (SSSR count). The Morgan fingerprint density at radius 3 is 2.73 bits per heavy atom. The monoisotopic (exact) mass is 161 g/mol. The maximum atomic E-state index is 10.0. The van der Waals surface area contributed by atoms with Gasteiger partial charge >= 0.3 is 6.09 Å². The van der Waals surface area contributed by atoms with Gasteiger partial charge in [-0.3, -0.25) is 0 Å². The highest BCUT2D eigenvalue weighted by Gasteiger charge is 2.02. The molecule has 3 N–H and O–H groups in total. The summed E-state index contributed by atoms with van der Waals surface area (Å²) in [5, 5.41) is 19.0. The minimum atomic E-state index is -0.985. The number of carboxylic acid groups (broad SMARTS) is 1. The Morgan fingerprint density at radius 1 is 1.64 bits per heavy atom. The second-order valence-corrected chi connectivity index (χ2v) is 2.66. The fraction of sp³-hybridized carbons (Fsp3) is 0.857. The second-order valence-electron chi connectivity index (χ2n) is 2.66. The number of hydrogen-bond donors (Lipinski definition) is 3. The van der Waals surface area contributed by atoms with E-state index in [9.17, 15) is 4.79 Å². The average molecular weight is 161 g/mol. The molecule has 0 saturated heterocycles. The molecule has 0 fully saturated rings. The van der Waals surface area contributed by atoms with Gasteiger partial charge < -0.3 is 15.5 Å². The van der Waals surface area contributed by atoms with Gasteiger partial charge in [0.2, 0.25) is 0 Å². The minimum absolute atomic E-state index is 0.178. The molecule has 0 aromatic heterocycles. The predicted molar refractivity (Wildman–Crippen MR) is 41.5 cm³/mol. The van der Waals surface area contributed by atoms with Crippen molar-refractivity contribution in [2.75, 3.05) is 13.2 Å². The van der Waals surface area contributed by atoms with Crippen LogP contribution in [-0.4, -0.2) is 29.5 Å². The van der Waals surface area contributed by atoms with E-state index in [2.05, 4.69) is 5.32 Å². The van der Waals surface area contributed by atoms with Crippen molar-refractivity contribution in [2.24, 2.45) is 5.92 Å². The molecule has 0 aliphatic carbocycles. The minimum Gasteiger partial charge on any atom is -0.465 e. The van der Waals surface area contributed by atoms with Crippen molar-refractivity contribution in [1.29, 1.82) is 0 Å². The number of amides is 1. The van der Waals surface area contributed by atoms with Crippen LogP contribution in [0.4, 0.5) is 4.79 Å². The van der Waals surface area contributed by atoms with Crippen LogP contribution in [-0.2, 0) is 0 Å². The third-order valence-corrected chi connectivity index (χ3v) is 1.46. The second kappa shape index (κ2) is 5.97. The van der Waals surface area contributed by atoms with E-state index in [-0.39, 0.29) is 6.61 Å². The molecule has 0 spiro atoms. The largest absolute Gasteiger partial charge is 0.465 e. The van der Waals surface area contributed by atoms with Crippen molar-refractivity contribution in [1.82, 2.24) is 5.32 Å². The summed E-state index contributed by atoms with van der Waals surface area (Å²) in [5.41, 5.74) is 0. The van der Waals surface area contributed by atoms with Crippen LogP contribution < -0.4 is 5.32 Å². The summed E-state index contributed by atoms with van der Waals surface area (Å²) in [7, 11) is 0. The van der Waals surface area contributed by atoms with Crippen LogP contribution >= 0.6 is 0 Å². The predicted octanol–water partition coefficient (Wildman–Crippen LogP) is 0.663. The van der Waals surface area contributed by atoms with E-state index in [4.69, 9.17) is 10.2 Å². The first-order valence-corrected chi connectivity index (χ1v) is 3.74. The van der Waals surface area contributed by atoms with E-state index >= 15 is 0 Å². The Kier molecular flexibility index (Phi) is 5.56. The normalized spacial score (nSPS) is 12.5. The lowest BCUT2D eigenvalue weighted by atomic mass is 10.1. The molecule has 0 aliphatic rings. The summed E-state index contributed by atoms with van der Waals surface area (Å²) in [6, 6.07) is 0. The Labute approximate surface area is 66.2 Å². The van der Waals surface area contributed by atoms with Crippen molar-refractivity contribution in [2.45, 2.75) is 19.8 Å². The lowest BCUT2D eigenvalue weighted by Crippen LogP contribution is -2.26. The molecule has 0 saturated carbocycles. The third-order valence-electron chi connectivity index (χ3n) is 1.46. The molecule has 11 heavy (non-hydrogen) atoms. The first kappa shape index (κ1) is 10.2. The van der Waals surface area contributed by atoms with Gasteiger partial charge in [-0.1, -0.05) is 6.92 Å². The van der Waals surface area contributed by atoms with Gasteiger partial charge in [0.15, 0.2) is 0 Å². The van der Waals surface area contributed by atoms with Gasteiger partial charge in [0.25, 0.3) is 0 Å². The number of rotatable bonds is 5. The summed E-state index contributed by atoms with van der Waals surface area (Å²) < 4.78 is 0. The van der Waals surface area contributed by atoms with Gasteiger partial charge in [-0.2, -0.15) is 0 Å². The number of nitrogens with one attached hydrogen (secondary N) is 1. The van der Waals surface area contributed by atoms with Crippen LogP contribution in [0, 0.1) is 5.92 Å². The van der Waals surface area contributed by atoms with Crippen LogP contribution in [0.3, 0.4) is 0 Å². The first-order valence-electron chi connectivity index (χ1n) is 3.74. The van der Waals surface area contributed by atoms with Gasteiger partial charge in [-0.15, -0.1) is 0 Å². The molecule has 0 unspecified atom stereocenters. The summed E-state index contributed by atoms with van der Waals surface area (Å²) >= 11 is 0. The molecule has 0 heterocycles. The Morgan fingerprint density at radius 2 is 2.27 bits per heavy atom. The molecule has 1 amide bonds. The number of carbonyl (C=O) groups is 1. The molecule has 0 bridgehead atoms. The SMILES string of the molecule is C[C@H](CCCO)CNC(=O)O. The Hall–Kier alpha value is -0.770. The summed E-state index contributed by atoms with van der Waals surface area (Å²) in [4.78, 5) is 10.0. The molecule has 4 heteroatoms. The summed E-state index contributed by atoms with van der Waals surface area (Å²) in [5.74, 6) is 0.304. The van der Waals surface area contributed by atoms with Crippen molar-refractivity contribution >= 4 is 6.09 Å². The van der Waals surface area contributed by atoms with Crippen LogP contribution in [0.25, 0.3) is 0 Å². The number of aliphatic hydroxyl groups is 1. The Balaban J connectivity index is 3.22. The zero-order chi connectivity index (χ0) is 8.69. The fourth-order valence-electron chi connectivity index (χ4n) is 0.803. The zero-order valence-electron chi connectivity index (χ0n) is 6.71. The molecule has 66 valence electrons. The van der Waals surface area contributed by atoms with Crippen LogP contribution in [0.2, 0.25) is 0 Å². The van der Waals surface area contributed by atoms with Gasteiger partial charge in [0.05, 0.1) is 0 Å². The van der Waals surface area contributed by atoms with Crippen LogP contribution in [0.1, 0.15) is 19.8 Å². The van der Waals surface area contributed by atoms with E-state index in [1.807, 2.05) is 6.92 Å². The average Bonchev–Trinajstić information content (AvgIpc) is 1.97. The molecule has 0 aromatic rings. The van der Waals surface area contributed by atoms with Gasteiger partial charge in [0, 0.05) is 13.2 Å². The van der Waals surface area contributed by atoms with Crippen LogP contribution in [0.15, 0.2) is 0 Å². The highest BCUT2D eigenvalue weighted by Crippen LogP contribution is 2.02.